The number of fused-ring (bicyclic) bond motifs is 1. The van der Waals surface area contributed by atoms with Crippen molar-refractivity contribution in [3.8, 4) is 11.5 Å². The van der Waals surface area contributed by atoms with Gasteiger partial charge in [0, 0.05) is 27.2 Å². The van der Waals surface area contributed by atoms with Crippen LogP contribution in [0.15, 0.2) is 47.4 Å². The Labute approximate surface area is 182 Å². The molecule has 2 heterocycles. The lowest BCUT2D eigenvalue weighted by Crippen LogP contribution is -2.40. The zero-order valence-corrected chi connectivity index (χ0v) is 18.5. The van der Waals surface area contributed by atoms with Gasteiger partial charge in [-0.05, 0) is 43.2 Å². The van der Waals surface area contributed by atoms with E-state index in [-0.39, 0.29) is 11.5 Å². The smallest absolute Gasteiger partial charge is 0.269 e. The molecule has 8 nitrogen and oxygen atoms in total. The number of piperidine rings is 1. The highest BCUT2D eigenvalue weighted by Gasteiger charge is 2.30. The standard InChI is InChI=1S/C22H27N3O5S/c1-24(2)18-11-10-16(31(27,28)25-12-6-3-7-13-25)14-17(18)23-22(26)21-15-29-19-8-4-5-9-20(19)30-21/h4-5,8-11,14,21H,3,6-7,12-13,15H2,1-2H3,(H,23,26). The first-order valence-electron chi connectivity index (χ1n) is 10.4. The summed E-state index contributed by atoms with van der Waals surface area (Å²) in [5.41, 5.74) is 1.11. The maximum atomic E-state index is 13.1. The number of nitrogens with zero attached hydrogens (tertiary/aromatic N) is 2. The Hall–Kier alpha value is -2.78. The molecule has 0 spiro atoms. The number of benzene rings is 2. The van der Waals surface area contributed by atoms with Crippen molar-refractivity contribution in [3.05, 3.63) is 42.5 Å². The third kappa shape index (κ3) is 4.47. The molecule has 0 aromatic heterocycles. The van der Waals surface area contributed by atoms with Crippen molar-refractivity contribution in [1.82, 2.24) is 4.31 Å². The van der Waals surface area contributed by atoms with E-state index in [0.717, 1.165) is 19.3 Å². The third-order valence-electron chi connectivity index (χ3n) is 5.46. The van der Waals surface area contributed by atoms with Crippen molar-refractivity contribution in [2.45, 2.75) is 30.3 Å². The lowest BCUT2D eigenvalue weighted by molar-refractivity contribution is -0.125. The molecule has 2 aromatic rings. The molecule has 0 radical (unpaired) electrons. The molecule has 1 unspecified atom stereocenters. The highest BCUT2D eigenvalue weighted by molar-refractivity contribution is 7.89. The SMILES string of the molecule is CN(C)c1ccc(S(=O)(=O)N2CCCCC2)cc1NC(=O)C1COc2ccccc2O1. The van der Waals surface area contributed by atoms with Crippen molar-refractivity contribution in [3.63, 3.8) is 0 Å². The summed E-state index contributed by atoms with van der Waals surface area (Å²) in [5.74, 6) is 0.698. The maximum absolute atomic E-state index is 13.1. The van der Waals surface area contributed by atoms with Crippen molar-refractivity contribution >= 4 is 27.3 Å². The fraction of sp³-hybridized carbons (Fsp3) is 0.409. The van der Waals surface area contributed by atoms with E-state index >= 15 is 0 Å². The van der Waals surface area contributed by atoms with Crippen LogP contribution < -0.4 is 19.7 Å². The Bertz CT molecular complexity index is 1060. The molecule has 0 bridgehead atoms. The molecular weight excluding hydrogens is 418 g/mol. The molecule has 1 fully saturated rings. The molecule has 1 amide bonds. The number of hydrogen-bond acceptors (Lipinski definition) is 6. The summed E-state index contributed by atoms with van der Waals surface area (Å²) < 4.78 is 39.1. The summed E-state index contributed by atoms with van der Waals surface area (Å²) in [5, 5.41) is 2.84. The van der Waals surface area contributed by atoms with E-state index in [9.17, 15) is 13.2 Å². The van der Waals surface area contributed by atoms with E-state index in [1.54, 1.807) is 24.3 Å². The minimum Gasteiger partial charge on any atom is -0.485 e. The zero-order chi connectivity index (χ0) is 22.0. The van der Waals surface area contributed by atoms with Crippen molar-refractivity contribution < 1.29 is 22.7 Å². The number of amides is 1. The van der Waals surface area contributed by atoms with Crippen LogP contribution in [-0.2, 0) is 14.8 Å². The highest BCUT2D eigenvalue weighted by Crippen LogP contribution is 2.33. The fourth-order valence-electron chi connectivity index (χ4n) is 3.78. The van der Waals surface area contributed by atoms with E-state index in [2.05, 4.69) is 5.32 Å². The predicted octanol–water partition coefficient (Wildman–Crippen LogP) is 2.71. The molecule has 9 heteroatoms. The van der Waals surface area contributed by atoms with Crippen LogP contribution in [0.25, 0.3) is 0 Å². The molecule has 2 aliphatic rings. The largest absolute Gasteiger partial charge is 0.485 e. The van der Waals surface area contributed by atoms with Crippen LogP contribution in [0, 0.1) is 0 Å². The highest BCUT2D eigenvalue weighted by atomic mass is 32.2. The molecule has 2 aromatic carbocycles. The molecule has 1 atom stereocenters. The van der Waals surface area contributed by atoms with Gasteiger partial charge in [0.1, 0.15) is 6.61 Å². The number of ether oxygens (including phenoxy) is 2. The minimum absolute atomic E-state index is 0.0753. The molecule has 1 saturated heterocycles. The van der Waals surface area contributed by atoms with Gasteiger partial charge in [-0.3, -0.25) is 4.79 Å². The maximum Gasteiger partial charge on any atom is 0.269 e. The van der Waals surface area contributed by atoms with Gasteiger partial charge in [0.25, 0.3) is 5.91 Å². The second-order valence-corrected chi connectivity index (χ2v) is 9.83. The van der Waals surface area contributed by atoms with Gasteiger partial charge in [-0.1, -0.05) is 18.6 Å². The van der Waals surface area contributed by atoms with Gasteiger partial charge in [0.15, 0.2) is 11.5 Å². The average molecular weight is 446 g/mol. The Morgan fingerprint density at radius 1 is 1.06 bits per heavy atom. The summed E-state index contributed by atoms with van der Waals surface area (Å²) in [6, 6.07) is 12.0. The minimum atomic E-state index is -3.62. The van der Waals surface area contributed by atoms with Gasteiger partial charge in [-0.15, -0.1) is 0 Å². The second-order valence-electron chi connectivity index (χ2n) is 7.89. The topological polar surface area (TPSA) is 88.2 Å². The summed E-state index contributed by atoms with van der Waals surface area (Å²) in [6.45, 7) is 1.12. The number of sulfonamides is 1. The predicted molar refractivity (Wildman–Crippen MR) is 118 cm³/mol. The molecule has 0 saturated carbocycles. The number of carbonyl (C=O) groups excluding carboxylic acids is 1. The third-order valence-corrected chi connectivity index (χ3v) is 7.36. The Kier molecular flexibility index (Phi) is 6.06. The van der Waals surface area contributed by atoms with E-state index in [1.807, 2.05) is 31.1 Å². The molecule has 0 aliphatic carbocycles. The van der Waals surface area contributed by atoms with Crippen LogP contribution in [0.4, 0.5) is 11.4 Å². The van der Waals surface area contributed by atoms with Crippen LogP contribution in [-0.4, -0.2) is 58.5 Å². The number of para-hydroxylation sites is 2. The molecule has 31 heavy (non-hydrogen) atoms. The average Bonchev–Trinajstić information content (AvgIpc) is 2.79. The summed E-state index contributed by atoms with van der Waals surface area (Å²) >= 11 is 0. The van der Waals surface area contributed by atoms with E-state index in [4.69, 9.17) is 9.47 Å². The van der Waals surface area contributed by atoms with Crippen molar-refractivity contribution in [2.24, 2.45) is 0 Å². The normalized spacial score (nSPS) is 19.0. The Balaban J connectivity index is 1.58. The fourth-order valence-corrected chi connectivity index (χ4v) is 5.33. The lowest BCUT2D eigenvalue weighted by Gasteiger charge is -2.28. The van der Waals surface area contributed by atoms with Crippen LogP contribution in [0.2, 0.25) is 0 Å². The number of carbonyl (C=O) groups is 1. The molecule has 1 N–H and O–H groups in total. The van der Waals surface area contributed by atoms with E-state index in [0.29, 0.717) is 36.0 Å². The number of rotatable bonds is 5. The van der Waals surface area contributed by atoms with Crippen molar-refractivity contribution in [1.29, 1.82) is 0 Å². The van der Waals surface area contributed by atoms with Gasteiger partial charge in [0.2, 0.25) is 16.1 Å². The van der Waals surface area contributed by atoms with E-state index in [1.165, 1.54) is 10.4 Å². The van der Waals surface area contributed by atoms with Crippen LogP contribution in [0.3, 0.4) is 0 Å². The molecule has 4 rings (SSSR count). The quantitative estimate of drug-likeness (QED) is 0.761. The number of nitrogens with one attached hydrogen (secondary N) is 1. The van der Waals surface area contributed by atoms with E-state index < -0.39 is 22.0 Å². The number of hydrogen-bond donors (Lipinski definition) is 1. The molecular formula is C22H27N3O5S. The molecule has 166 valence electrons. The lowest BCUT2D eigenvalue weighted by atomic mass is 10.2. The summed E-state index contributed by atoms with van der Waals surface area (Å²) in [4.78, 5) is 14.9. The van der Waals surface area contributed by atoms with Gasteiger partial charge in [-0.25, -0.2) is 8.42 Å². The van der Waals surface area contributed by atoms with Crippen molar-refractivity contribution in [2.75, 3.05) is 44.0 Å². The molecule has 2 aliphatic heterocycles. The van der Waals surface area contributed by atoms with Gasteiger partial charge in [-0.2, -0.15) is 4.31 Å². The van der Waals surface area contributed by atoms with Gasteiger partial charge in [0.05, 0.1) is 16.3 Å². The van der Waals surface area contributed by atoms with Crippen LogP contribution in [0.5, 0.6) is 11.5 Å². The number of anilines is 2. The Morgan fingerprint density at radius 2 is 1.77 bits per heavy atom. The Morgan fingerprint density at radius 3 is 2.48 bits per heavy atom. The van der Waals surface area contributed by atoms with Crippen LogP contribution >= 0.6 is 0 Å². The summed E-state index contributed by atoms with van der Waals surface area (Å²) in [6.07, 6.45) is 1.92. The van der Waals surface area contributed by atoms with Gasteiger partial charge < -0.3 is 19.7 Å². The van der Waals surface area contributed by atoms with Crippen LogP contribution in [0.1, 0.15) is 19.3 Å². The summed E-state index contributed by atoms with van der Waals surface area (Å²) in [7, 11) is 0.0471. The monoisotopic (exact) mass is 445 g/mol. The second kappa shape index (κ2) is 8.76. The first-order valence-corrected chi connectivity index (χ1v) is 11.8. The zero-order valence-electron chi connectivity index (χ0n) is 17.7. The van der Waals surface area contributed by atoms with Gasteiger partial charge >= 0.3 is 0 Å². The first-order chi connectivity index (χ1) is 14.9. The first kappa shape index (κ1) is 21.5.